The fourth-order valence-electron chi connectivity index (χ4n) is 1.26. The molecule has 0 atom stereocenters. The third kappa shape index (κ3) is 3.92. The molecule has 0 fully saturated rings. The van der Waals surface area contributed by atoms with Gasteiger partial charge in [-0.1, -0.05) is 30.7 Å². The first-order valence-corrected chi connectivity index (χ1v) is 4.83. The van der Waals surface area contributed by atoms with Crippen LogP contribution < -0.4 is 0 Å². The average molecular weight is 180 g/mol. The SMILES string of the molecule is CCC(=O)OCCCC1=CC=CC1. The molecule has 0 saturated heterocycles. The van der Waals surface area contributed by atoms with E-state index >= 15 is 0 Å². The third-order valence-corrected chi connectivity index (χ3v) is 2.04. The molecular formula is C11H16O2. The largest absolute Gasteiger partial charge is 0.466 e. The van der Waals surface area contributed by atoms with E-state index in [1.165, 1.54) is 5.57 Å². The van der Waals surface area contributed by atoms with Crippen LogP contribution in [0.3, 0.4) is 0 Å². The first kappa shape index (κ1) is 10.0. The highest BCUT2D eigenvalue weighted by Gasteiger charge is 2.01. The van der Waals surface area contributed by atoms with Gasteiger partial charge in [0.1, 0.15) is 0 Å². The molecule has 0 aromatic heterocycles. The number of carbonyl (C=O) groups excluding carboxylic acids is 1. The molecule has 0 unspecified atom stereocenters. The smallest absolute Gasteiger partial charge is 0.305 e. The van der Waals surface area contributed by atoms with Gasteiger partial charge in [-0.05, 0) is 19.3 Å². The molecule has 2 nitrogen and oxygen atoms in total. The highest BCUT2D eigenvalue weighted by molar-refractivity contribution is 5.68. The van der Waals surface area contributed by atoms with Gasteiger partial charge in [0.2, 0.25) is 0 Å². The van der Waals surface area contributed by atoms with Gasteiger partial charge in [0.05, 0.1) is 6.61 Å². The normalized spacial score (nSPS) is 14.4. The Labute approximate surface area is 79.3 Å². The van der Waals surface area contributed by atoms with Crippen molar-refractivity contribution < 1.29 is 9.53 Å². The molecule has 0 heterocycles. The highest BCUT2D eigenvalue weighted by atomic mass is 16.5. The predicted molar refractivity (Wildman–Crippen MR) is 52.3 cm³/mol. The van der Waals surface area contributed by atoms with Gasteiger partial charge >= 0.3 is 5.97 Å². The lowest BCUT2D eigenvalue weighted by Crippen LogP contribution is -2.03. The molecule has 1 aliphatic rings. The molecule has 0 radical (unpaired) electrons. The lowest BCUT2D eigenvalue weighted by molar-refractivity contribution is -0.143. The van der Waals surface area contributed by atoms with E-state index in [9.17, 15) is 4.79 Å². The van der Waals surface area contributed by atoms with Crippen LogP contribution in [0, 0.1) is 0 Å². The summed E-state index contributed by atoms with van der Waals surface area (Å²) >= 11 is 0. The zero-order valence-electron chi connectivity index (χ0n) is 8.08. The molecular weight excluding hydrogens is 164 g/mol. The van der Waals surface area contributed by atoms with E-state index < -0.39 is 0 Å². The van der Waals surface area contributed by atoms with Crippen molar-refractivity contribution in [1.29, 1.82) is 0 Å². The van der Waals surface area contributed by atoms with Crippen LogP contribution >= 0.6 is 0 Å². The van der Waals surface area contributed by atoms with Crippen molar-refractivity contribution in [2.45, 2.75) is 32.6 Å². The number of esters is 1. The van der Waals surface area contributed by atoms with E-state index in [1.54, 1.807) is 0 Å². The Morgan fingerprint density at radius 1 is 1.62 bits per heavy atom. The molecule has 0 bridgehead atoms. The summed E-state index contributed by atoms with van der Waals surface area (Å²) in [7, 11) is 0. The van der Waals surface area contributed by atoms with E-state index in [2.05, 4.69) is 18.2 Å². The van der Waals surface area contributed by atoms with Crippen molar-refractivity contribution in [3.63, 3.8) is 0 Å². The van der Waals surface area contributed by atoms with Crippen LogP contribution in [-0.4, -0.2) is 12.6 Å². The van der Waals surface area contributed by atoms with Gasteiger partial charge < -0.3 is 4.74 Å². The number of hydrogen-bond acceptors (Lipinski definition) is 2. The second-order valence-corrected chi connectivity index (χ2v) is 3.13. The highest BCUT2D eigenvalue weighted by Crippen LogP contribution is 2.15. The van der Waals surface area contributed by atoms with Crippen LogP contribution in [0.15, 0.2) is 23.8 Å². The van der Waals surface area contributed by atoms with E-state index in [1.807, 2.05) is 6.92 Å². The van der Waals surface area contributed by atoms with Crippen LogP contribution in [0.1, 0.15) is 32.6 Å². The van der Waals surface area contributed by atoms with Gasteiger partial charge in [-0.25, -0.2) is 0 Å². The molecule has 72 valence electrons. The Morgan fingerprint density at radius 2 is 2.46 bits per heavy atom. The Bertz CT molecular complexity index is 226. The first-order chi connectivity index (χ1) is 6.33. The average Bonchev–Trinajstić information content (AvgIpc) is 2.64. The van der Waals surface area contributed by atoms with Crippen LogP contribution in [0.5, 0.6) is 0 Å². The minimum absolute atomic E-state index is 0.0986. The molecule has 2 heteroatoms. The van der Waals surface area contributed by atoms with Crippen molar-refractivity contribution in [3.05, 3.63) is 23.8 Å². The summed E-state index contributed by atoms with van der Waals surface area (Å²) < 4.78 is 4.96. The number of ether oxygens (including phenoxy) is 1. The lowest BCUT2D eigenvalue weighted by Gasteiger charge is -2.03. The predicted octanol–water partition coefficient (Wildman–Crippen LogP) is 2.61. The number of hydrogen-bond donors (Lipinski definition) is 0. The fraction of sp³-hybridized carbons (Fsp3) is 0.545. The molecule has 1 rings (SSSR count). The monoisotopic (exact) mass is 180 g/mol. The maximum atomic E-state index is 10.8. The molecule has 0 spiro atoms. The van der Waals surface area contributed by atoms with E-state index in [0.29, 0.717) is 13.0 Å². The van der Waals surface area contributed by atoms with E-state index in [0.717, 1.165) is 19.3 Å². The topological polar surface area (TPSA) is 26.3 Å². The van der Waals surface area contributed by atoms with Gasteiger partial charge in [0, 0.05) is 6.42 Å². The molecule has 0 amide bonds. The maximum Gasteiger partial charge on any atom is 0.305 e. The lowest BCUT2D eigenvalue weighted by atomic mass is 10.1. The standard InChI is InChI=1S/C11H16O2/c1-2-11(12)13-9-5-8-10-6-3-4-7-10/h3-4,6H,2,5,7-9H2,1H3. The number of rotatable bonds is 5. The molecule has 0 aliphatic heterocycles. The third-order valence-electron chi connectivity index (χ3n) is 2.04. The summed E-state index contributed by atoms with van der Waals surface area (Å²) in [5.74, 6) is -0.0986. The van der Waals surface area contributed by atoms with E-state index in [-0.39, 0.29) is 5.97 Å². The molecule has 0 aromatic carbocycles. The fourth-order valence-corrected chi connectivity index (χ4v) is 1.26. The van der Waals surface area contributed by atoms with Crippen molar-refractivity contribution in [2.75, 3.05) is 6.61 Å². The van der Waals surface area contributed by atoms with E-state index in [4.69, 9.17) is 4.74 Å². The Hall–Kier alpha value is -1.05. The minimum atomic E-state index is -0.0986. The number of carbonyl (C=O) groups is 1. The van der Waals surface area contributed by atoms with Crippen molar-refractivity contribution >= 4 is 5.97 Å². The summed E-state index contributed by atoms with van der Waals surface area (Å²) in [6.07, 6.45) is 9.90. The summed E-state index contributed by atoms with van der Waals surface area (Å²) in [6, 6.07) is 0. The van der Waals surface area contributed by atoms with Crippen LogP contribution in [-0.2, 0) is 9.53 Å². The Kier molecular flexibility index (Phi) is 4.30. The second-order valence-electron chi connectivity index (χ2n) is 3.13. The molecule has 13 heavy (non-hydrogen) atoms. The quantitative estimate of drug-likeness (QED) is 0.480. The van der Waals surface area contributed by atoms with Gasteiger partial charge in [0.15, 0.2) is 0 Å². The van der Waals surface area contributed by atoms with Gasteiger partial charge in [0.25, 0.3) is 0 Å². The molecule has 1 aliphatic carbocycles. The van der Waals surface area contributed by atoms with Crippen LogP contribution in [0.4, 0.5) is 0 Å². The maximum absolute atomic E-state index is 10.8. The van der Waals surface area contributed by atoms with Crippen molar-refractivity contribution in [3.8, 4) is 0 Å². The summed E-state index contributed by atoms with van der Waals surface area (Å²) in [5, 5.41) is 0. The van der Waals surface area contributed by atoms with Crippen LogP contribution in [0.25, 0.3) is 0 Å². The summed E-state index contributed by atoms with van der Waals surface area (Å²) in [6.45, 7) is 2.37. The summed E-state index contributed by atoms with van der Waals surface area (Å²) in [5.41, 5.74) is 1.44. The van der Waals surface area contributed by atoms with Crippen molar-refractivity contribution in [2.24, 2.45) is 0 Å². The minimum Gasteiger partial charge on any atom is -0.466 e. The first-order valence-electron chi connectivity index (χ1n) is 4.83. The van der Waals surface area contributed by atoms with Crippen LogP contribution in [0.2, 0.25) is 0 Å². The molecule has 0 saturated carbocycles. The molecule has 0 aromatic rings. The zero-order chi connectivity index (χ0) is 9.52. The van der Waals surface area contributed by atoms with Crippen molar-refractivity contribution in [1.82, 2.24) is 0 Å². The van der Waals surface area contributed by atoms with Gasteiger partial charge in [-0.15, -0.1) is 0 Å². The summed E-state index contributed by atoms with van der Waals surface area (Å²) in [4.78, 5) is 10.8. The number of allylic oxidation sites excluding steroid dienone is 4. The Morgan fingerprint density at radius 3 is 3.08 bits per heavy atom. The zero-order valence-corrected chi connectivity index (χ0v) is 8.08. The van der Waals surface area contributed by atoms with Gasteiger partial charge in [-0.3, -0.25) is 4.79 Å². The Balaban J connectivity index is 1.98. The molecule has 0 N–H and O–H groups in total. The second kappa shape index (κ2) is 5.57. The van der Waals surface area contributed by atoms with Gasteiger partial charge in [-0.2, -0.15) is 0 Å².